The average Bonchev–Trinajstić information content (AvgIpc) is 2.30. The quantitative estimate of drug-likeness (QED) is 0.600. The van der Waals surface area contributed by atoms with Gasteiger partial charge in [-0.05, 0) is 19.4 Å². The van der Waals surface area contributed by atoms with Crippen LogP contribution in [0.15, 0.2) is 0 Å². The Morgan fingerprint density at radius 1 is 1.45 bits per heavy atom. The molecule has 1 fully saturated rings. The predicted octanol–water partition coefficient (Wildman–Crippen LogP) is 1.36. The smallest absolute Gasteiger partial charge is 0.0741 e. The first-order chi connectivity index (χ1) is 5.16. The fraction of sp³-hybridized carbons (Fsp3) is 1.00. The van der Waals surface area contributed by atoms with Crippen LogP contribution in [0.1, 0.15) is 20.3 Å². The molecule has 2 heteroatoms. The molecule has 2 atom stereocenters. The van der Waals surface area contributed by atoms with E-state index in [1.807, 2.05) is 7.11 Å². The highest BCUT2D eigenvalue weighted by Crippen LogP contribution is 2.24. The molecule has 0 N–H and O–H groups in total. The summed E-state index contributed by atoms with van der Waals surface area (Å²) in [6.07, 6.45) is 1.65. The van der Waals surface area contributed by atoms with Crippen LogP contribution >= 0.6 is 0 Å². The highest BCUT2D eigenvalue weighted by Gasteiger charge is 2.33. The minimum Gasteiger partial charge on any atom is -0.380 e. The van der Waals surface area contributed by atoms with E-state index in [9.17, 15) is 0 Å². The number of hydrogen-bond donors (Lipinski definition) is 0. The highest BCUT2D eigenvalue weighted by molar-refractivity contribution is 4.87. The van der Waals surface area contributed by atoms with Crippen molar-refractivity contribution < 1.29 is 4.74 Å². The van der Waals surface area contributed by atoms with Gasteiger partial charge in [-0.15, -0.1) is 0 Å². The maximum absolute atomic E-state index is 5.41. The lowest BCUT2D eigenvalue weighted by atomic mass is 10.00. The fourth-order valence-corrected chi connectivity index (χ4v) is 2.13. The first kappa shape index (κ1) is 9.01. The van der Waals surface area contributed by atoms with Gasteiger partial charge in [0.2, 0.25) is 0 Å². The third-order valence-corrected chi connectivity index (χ3v) is 2.64. The maximum Gasteiger partial charge on any atom is 0.0741 e. The monoisotopic (exact) mass is 157 g/mol. The van der Waals surface area contributed by atoms with Gasteiger partial charge in [-0.2, -0.15) is 0 Å². The zero-order valence-corrected chi connectivity index (χ0v) is 8.00. The Morgan fingerprint density at radius 3 is 2.45 bits per heavy atom. The lowest BCUT2D eigenvalue weighted by molar-refractivity contribution is 0.0531. The second-order valence-corrected chi connectivity index (χ2v) is 3.78. The van der Waals surface area contributed by atoms with Crippen molar-refractivity contribution in [2.75, 3.05) is 20.7 Å². The highest BCUT2D eigenvalue weighted by atomic mass is 16.5. The number of hydrogen-bond acceptors (Lipinski definition) is 2. The van der Waals surface area contributed by atoms with E-state index in [0.29, 0.717) is 18.1 Å². The molecule has 0 amide bonds. The molecule has 0 aromatic heterocycles. The number of ether oxygens (including phenoxy) is 1. The van der Waals surface area contributed by atoms with E-state index >= 15 is 0 Å². The van der Waals surface area contributed by atoms with E-state index < -0.39 is 0 Å². The van der Waals surface area contributed by atoms with Gasteiger partial charge in [0, 0.05) is 19.7 Å². The Bertz CT molecular complexity index is 125. The molecule has 1 aliphatic heterocycles. The summed E-state index contributed by atoms with van der Waals surface area (Å²) in [5, 5.41) is 0. The number of nitrogens with zero attached hydrogens (tertiary/aromatic N) is 1. The summed E-state index contributed by atoms with van der Waals surface area (Å²) < 4.78 is 5.41. The van der Waals surface area contributed by atoms with E-state index in [2.05, 4.69) is 25.8 Å². The van der Waals surface area contributed by atoms with Crippen LogP contribution in [-0.4, -0.2) is 37.7 Å². The van der Waals surface area contributed by atoms with E-state index in [1.54, 1.807) is 0 Å². The normalized spacial score (nSPS) is 33.5. The van der Waals surface area contributed by atoms with Crippen LogP contribution < -0.4 is 0 Å². The Labute approximate surface area is 69.5 Å². The topological polar surface area (TPSA) is 12.5 Å². The van der Waals surface area contributed by atoms with Gasteiger partial charge in [0.25, 0.3) is 0 Å². The SMILES string of the molecule is COC1CCN(C)C1C(C)C. The molecule has 0 aromatic rings. The minimum atomic E-state index is 0.458. The number of rotatable bonds is 2. The molecule has 1 heterocycles. The van der Waals surface area contributed by atoms with Crippen molar-refractivity contribution in [2.45, 2.75) is 32.4 Å². The fourth-order valence-electron chi connectivity index (χ4n) is 2.13. The summed E-state index contributed by atoms with van der Waals surface area (Å²) in [6, 6.07) is 0.625. The van der Waals surface area contributed by atoms with Crippen molar-refractivity contribution in [3.8, 4) is 0 Å². The molecule has 0 bridgehead atoms. The first-order valence-corrected chi connectivity index (χ1v) is 4.40. The third-order valence-electron chi connectivity index (χ3n) is 2.64. The summed E-state index contributed by atoms with van der Waals surface area (Å²) in [5.41, 5.74) is 0. The summed E-state index contributed by atoms with van der Waals surface area (Å²) in [5.74, 6) is 0.701. The number of likely N-dealkylation sites (tertiary alicyclic amines) is 1. The average molecular weight is 157 g/mol. The Hall–Kier alpha value is -0.0800. The second-order valence-electron chi connectivity index (χ2n) is 3.78. The van der Waals surface area contributed by atoms with Gasteiger partial charge in [-0.25, -0.2) is 0 Å². The molecule has 1 saturated heterocycles. The summed E-state index contributed by atoms with van der Waals surface area (Å²) in [4.78, 5) is 2.40. The first-order valence-electron chi connectivity index (χ1n) is 4.40. The van der Waals surface area contributed by atoms with Crippen molar-refractivity contribution in [2.24, 2.45) is 5.92 Å². The summed E-state index contributed by atoms with van der Waals surface area (Å²) >= 11 is 0. The van der Waals surface area contributed by atoms with Crippen molar-refractivity contribution in [3.63, 3.8) is 0 Å². The molecule has 1 aliphatic rings. The molecular weight excluding hydrogens is 138 g/mol. The Kier molecular flexibility index (Phi) is 2.90. The zero-order valence-electron chi connectivity index (χ0n) is 8.00. The van der Waals surface area contributed by atoms with Crippen molar-refractivity contribution in [3.05, 3.63) is 0 Å². The van der Waals surface area contributed by atoms with Gasteiger partial charge in [0.05, 0.1) is 6.10 Å². The zero-order chi connectivity index (χ0) is 8.43. The number of likely N-dealkylation sites (N-methyl/N-ethyl adjacent to an activating group) is 1. The van der Waals surface area contributed by atoms with Gasteiger partial charge in [0.1, 0.15) is 0 Å². The summed E-state index contributed by atoms with van der Waals surface area (Å²) in [7, 11) is 4.00. The van der Waals surface area contributed by atoms with E-state index in [4.69, 9.17) is 4.74 Å². The molecule has 0 aliphatic carbocycles. The van der Waals surface area contributed by atoms with E-state index in [1.165, 1.54) is 13.0 Å². The van der Waals surface area contributed by atoms with E-state index in [0.717, 1.165) is 0 Å². The molecule has 2 nitrogen and oxygen atoms in total. The standard InChI is InChI=1S/C9H19NO/c1-7(2)9-8(11-4)5-6-10(9)3/h7-9H,5-6H2,1-4H3. The number of methoxy groups -OCH3 is 1. The van der Waals surface area contributed by atoms with Crippen molar-refractivity contribution >= 4 is 0 Å². The Balaban J connectivity index is 2.56. The van der Waals surface area contributed by atoms with Crippen molar-refractivity contribution in [1.29, 1.82) is 0 Å². The molecule has 0 aromatic carbocycles. The molecule has 0 radical (unpaired) electrons. The van der Waals surface area contributed by atoms with E-state index in [-0.39, 0.29) is 0 Å². The third kappa shape index (κ3) is 1.74. The molecule has 0 spiro atoms. The second kappa shape index (κ2) is 3.55. The molecule has 0 saturated carbocycles. The largest absolute Gasteiger partial charge is 0.380 e. The summed E-state index contributed by atoms with van der Waals surface area (Å²) in [6.45, 7) is 5.71. The van der Waals surface area contributed by atoms with Crippen molar-refractivity contribution in [1.82, 2.24) is 4.90 Å². The van der Waals surface area contributed by atoms with Gasteiger partial charge in [0.15, 0.2) is 0 Å². The van der Waals surface area contributed by atoms with Crippen LogP contribution in [-0.2, 0) is 4.74 Å². The van der Waals surface area contributed by atoms with Gasteiger partial charge in [-0.1, -0.05) is 13.8 Å². The van der Waals surface area contributed by atoms with Gasteiger partial charge >= 0.3 is 0 Å². The van der Waals surface area contributed by atoms with Gasteiger partial charge < -0.3 is 9.64 Å². The Morgan fingerprint density at radius 2 is 2.09 bits per heavy atom. The van der Waals surface area contributed by atoms with Gasteiger partial charge in [-0.3, -0.25) is 0 Å². The molecule has 1 rings (SSSR count). The lowest BCUT2D eigenvalue weighted by Gasteiger charge is -2.27. The predicted molar refractivity (Wildman–Crippen MR) is 46.7 cm³/mol. The minimum absolute atomic E-state index is 0.458. The lowest BCUT2D eigenvalue weighted by Crippen LogP contribution is -2.37. The van der Waals surface area contributed by atoms with Crippen LogP contribution in [0.2, 0.25) is 0 Å². The van der Waals surface area contributed by atoms with Crippen LogP contribution in [0.3, 0.4) is 0 Å². The molecule has 2 unspecified atom stereocenters. The molecule has 11 heavy (non-hydrogen) atoms. The molecular formula is C9H19NO. The van der Waals surface area contributed by atoms with Crippen LogP contribution in [0.4, 0.5) is 0 Å². The molecule has 66 valence electrons. The van der Waals surface area contributed by atoms with Crippen LogP contribution in [0.5, 0.6) is 0 Å². The van der Waals surface area contributed by atoms with Crippen LogP contribution in [0.25, 0.3) is 0 Å². The maximum atomic E-state index is 5.41. The van der Waals surface area contributed by atoms with Crippen LogP contribution in [0, 0.1) is 5.92 Å².